The third kappa shape index (κ3) is 7.00. The zero-order chi connectivity index (χ0) is 26.9. The van der Waals surface area contributed by atoms with Gasteiger partial charge in [0.1, 0.15) is 0 Å². The Kier molecular flexibility index (Phi) is 9.53. The normalized spacial score (nSPS) is 12.2. The van der Waals surface area contributed by atoms with E-state index in [-0.39, 0.29) is 5.70 Å². The van der Waals surface area contributed by atoms with Crippen molar-refractivity contribution in [2.24, 2.45) is 0 Å². The number of hydrogen-bond donors (Lipinski definition) is 1. The molecule has 0 spiro atoms. The van der Waals surface area contributed by atoms with Gasteiger partial charge in [0, 0.05) is 37.9 Å². The van der Waals surface area contributed by atoms with Crippen LogP contribution < -0.4 is 4.90 Å². The monoisotopic (exact) mass is 540 g/mol. The summed E-state index contributed by atoms with van der Waals surface area (Å²) in [6.45, 7) is 13.6. The van der Waals surface area contributed by atoms with Crippen molar-refractivity contribution >= 4 is 72.7 Å². The maximum atomic E-state index is 10.9. The molecule has 2 aromatic carbocycles. The predicted molar refractivity (Wildman–Crippen MR) is 166 cm³/mol. The van der Waals surface area contributed by atoms with Crippen LogP contribution in [-0.2, 0) is 4.79 Å². The molecule has 0 saturated carbocycles. The largest absolute Gasteiger partial charge is 0.486 e. The van der Waals surface area contributed by atoms with Gasteiger partial charge in [0.15, 0.2) is 0 Å². The van der Waals surface area contributed by atoms with E-state index in [1.807, 2.05) is 6.08 Å². The SMILES string of the molecule is [C-]#[N+]/C(=C\C=C\c1cc2sc(/C=C/c3ccc4cc(N(CCCC)CCCC)ccc4c3)cc2s1)C(=O)O. The fourth-order valence-electron chi connectivity index (χ4n) is 4.23. The lowest BCUT2D eigenvalue weighted by Crippen LogP contribution is -2.25. The van der Waals surface area contributed by atoms with E-state index < -0.39 is 5.97 Å². The summed E-state index contributed by atoms with van der Waals surface area (Å²) < 4.78 is 2.40. The maximum absolute atomic E-state index is 10.9. The van der Waals surface area contributed by atoms with Crippen LogP contribution in [0, 0.1) is 6.57 Å². The molecule has 0 aliphatic heterocycles. The Balaban J connectivity index is 1.46. The van der Waals surface area contributed by atoms with Crippen LogP contribution in [0.3, 0.4) is 0 Å². The van der Waals surface area contributed by atoms with E-state index in [2.05, 4.69) is 84.3 Å². The Morgan fingerprint density at radius 2 is 1.53 bits per heavy atom. The van der Waals surface area contributed by atoms with Crippen molar-refractivity contribution in [3.8, 4) is 0 Å². The van der Waals surface area contributed by atoms with Crippen molar-refractivity contribution in [2.75, 3.05) is 18.0 Å². The molecule has 194 valence electrons. The molecule has 0 saturated heterocycles. The third-order valence-electron chi connectivity index (χ3n) is 6.32. The van der Waals surface area contributed by atoms with Crippen LogP contribution in [0.15, 0.2) is 66.4 Å². The number of allylic oxidation sites excluding steroid dienone is 2. The number of rotatable bonds is 12. The van der Waals surface area contributed by atoms with Gasteiger partial charge in [-0.2, -0.15) is 0 Å². The van der Waals surface area contributed by atoms with E-state index in [1.54, 1.807) is 28.7 Å². The highest BCUT2D eigenvalue weighted by molar-refractivity contribution is 7.28. The molecular weight excluding hydrogens is 508 g/mol. The highest BCUT2D eigenvalue weighted by Gasteiger charge is 2.08. The first-order valence-corrected chi connectivity index (χ1v) is 14.6. The summed E-state index contributed by atoms with van der Waals surface area (Å²) in [5.41, 5.74) is 2.21. The lowest BCUT2D eigenvalue weighted by Gasteiger charge is -2.25. The Morgan fingerprint density at radius 1 is 0.895 bits per heavy atom. The lowest BCUT2D eigenvalue weighted by molar-refractivity contribution is -0.132. The Hall–Kier alpha value is -3.66. The van der Waals surface area contributed by atoms with E-state index in [1.165, 1.54) is 68.1 Å². The number of unbranched alkanes of at least 4 members (excludes halogenated alkanes) is 2. The number of fused-ring (bicyclic) bond motifs is 2. The molecular formula is C32H32N2O2S2. The van der Waals surface area contributed by atoms with Crippen molar-refractivity contribution in [3.05, 3.63) is 93.1 Å². The highest BCUT2D eigenvalue weighted by atomic mass is 32.1. The number of anilines is 1. The molecule has 0 fully saturated rings. The van der Waals surface area contributed by atoms with Crippen molar-refractivity contribution in [1.29, 1.82) is 0 Å². The van der Waals surface area contributed by atoms with Gasteiger partial charge in [-0.15, -0.1) is 22.7 Å². The fraction of sp³-hybridized carbons (Fsp3) is 0.250. The number of thiophene rings is 2. The maximum Gasteiger partial charge on any atom is 0.333 e. The van der Waals surface area contributed by atoms with Gasteiger partial charge in [-0.3, -0.25) is 4.79 Å². The van der Waals surface area contributed by atoms with Crippen molar-refractivity contribution in [3.63, 3.8) is 0 Å². The van der Waals surface area contributed by atoms with Gasteiger partial charge in [-0.05, 0) is 77.7 Å². The van der Waals surface area contributed by atoms with Crippen molar-refractivity contribution in [2.45, 2.75) is 39.5 Å². The molecule has 2 heterocycles. The highest BCUT2D eigenvalue weighted by Crippen LogP contribution is 2.35. The Morgan fingerprint density at radius 3 is 2.16 bits per heavy atom. The molecule has 0 aliphatic rings. The Bertz CT molecular complexity index is 1510. The molecule has 6 heteroatoms. The number of carboxylic acids is 1. The molecule has 38 heavy (non-hydrogen) atoms. The van der Waals surface area contributed by atoms with Crippen molar-refractivity contribution in [1.82, 2.24) is 0 Å². The first-order valence-electron chi connectivity index (χ1n) is 13.0. The molecule has 0 radical (unpaired) electrons. The van der Waals surface area contributed by atoms with Gasteiger partial charge in [0.2, 0.25) is 0 Å². The van der Waals surface area contributed by atoms with E-state index in [4.69, 9.17) is 11.7 Å². The van der Waals surface area contributed by atoms with E-state index in [0.717, 1.165) is 18.0 Å². The smallest absolute Gasteiger partial charge is 0.333 e. The number of hydrogen-bond acceptors (Lipinski definition) is 4. The van der Waals surface area contributed by atoms with E-state index in [9.17, 15) is 4.79 Å². The minimum absolute atomic E-state index is 0.290. The lowest BCUT2D eigenvalue weighted by atomic mass is 10.0. The molecule has 4 rings (SSSR count). The average molecular weight is 541 g/mol. The zero-order valence-corrected chi connectivity index (χ0v) is 23.4. The molecule has 0 aliphatic carbocycles. The number of aliphatic carboxylic acids is 1. The molecule has 2 aromatic heterocycles. The quantitative estimate of drug-likeness (QED) is 0.111. The molecule has 0 bridgehead atoms. The Labute approximate surface area is 232 Å². The van der Waals surface area contributed by atoms with Crippen LogP contribution in [-0.4, -0.2) is 24.2 Å². The van der Waals surface area contributed by atoms with Crippen LogP contribution in [0.25, 0.3) is 43.2 Å². The van der Waals surface area contributed by atoms with Crippen LogP contribution in [0.1, 0.15) is 54.8 Å². The molecule has 0 amide bonds. The topological polar surface area (TPSA) is 44.9 Å². The molecule has 4 aromatic rings. The summed E-state index contributed by atoms with van der Waals surface area (Å²) in [6.07, 6.45) is 14.0. The summed E-state index contributed by atoms with van der Waals surface area (Å²) in [6, 6.07) is 17.8. The predicted octanol–water partition coefficient (Wildman–Crippen LogP) is 9.59. The summed E-state index contributed by atoms with van der Waals surface area (Å²) in [4.78, 5) is 18.7. The summed E-state index contributed by atoms with van der Waals surface area (Å²) in [5.74, 6) is -1.21. The number of benzene rings is 2. The van der Waals surface area contributed by atoms with E-state index in [0.29, 0.717) is 0 Å². The first-order chi connectivity index (χ1) is 18.5. The first kappa shape index (κ1) is 27.4. The second kappa shape index (κ2) is 13.2. The van der Waals surface area contributed by atoms with Gasteiger partial charge in [0.05, 0.1) is 6.57 Å². The van der Waals surface area contributed by atoms with Crippen LogP contribution in [0.2, 0.25) is 0 Å². The summed E-state index contributed by atoms with van der Waals surface area (Å²) in [5, 5.41) is 11.5. The molecule has 0 unspecified atom stereocenters. The molecule has 0 atom stereocenters. The molecule has 4 nitrogen and oxygen atoms in total. The zero-order valence-electron chi connectivity index (χ0n) is 21.8. The molecule has 1 N–H and O–H groups in total. The van der Waals surface area contributed by atoms with Gasteiger partial charge in [-0.1, -0.05) is 57.0 Å². The minimum atomic E-state index is -1.21. The third-order valence-corrected chi connectivity index (χ3v) is 8.54. The van der Waals surface area contributed by atoms with Gasteiger partial charge in [-0.25, -0.2) is 4.85 Å². The fourth-order valence-corrected chi connectivity index (χ4v) is 6.46. The summed E-state index contributed by atoms with van der Waals surface area (Å²) in [7, 11) is 0. The minimum Gasteiger partial charge on any atom is -0.486 e. The standard InChI is InChI=1S/C32H32N2O2S2/c1-4-6-17-34(18-7-5-2)26-15-14-24-19-23(11-13-25(24)20-26)12-16-28-22-31-30(38-28)21-27(37-31)9-8-10-29(33-3)32(35)36/h8-16,19-22H,4-7,17-18H2,1-2H3,(H,35,36)/b9-8+,16-12+,29-10-. The van der Waals surface area contributed by atoms with Gasteiger partial charge in [0.25, 0.3) is 5.70 Å². The summed E-state index contributed by atoms with van der Waals surface area (Å²) >= 11 is 3.39. The number of carboxylic acid groups (broad SMARTS) is 1. The van der Waals surface area contributed by atoms with Crippen molar-refractivity contribution < 1.29 is 9.90 Å². The van der Waals surface area contributed by atoms with Crippen LogP contribution >= 0.6 is 22.7 Å². The van der Waals surface area contributed by atoms with Gasteiger partial charge >= 0.3 is 5.97 Å². The van der Waals surface area contributed by atoms with Crippen LogP contribution in [0.4, 0.5) is 5.69 Å². The van der Waals surface area contributed by atoms with Crippen LogP contribution in [0.5, 0.6) is 0 Å². The number of nitrogens with zero attached hydrogens (tertiary/aromatic N) is 2. The van der Waals surface area contributed by atoms with Gasteiger partial charge < -0.3 is 10.0 Å². The average Bonchev–Trinajstić information content (AvgIpc) is 3.48. The second-order valence-electron chi connectivity index (χ2n) is 9.17. The van der Waals surface area contributed by atoms with E-state index >= 15 is 0 Å². The second-order valence-corrected chi connectivity index (χ2v) is 11.4. The number of carbonyl (C=O) groups is 1.